The van der Waals surface area contributed by atoms with Crippen molar-refractivity contribution in [2.24, 2.45) is 0 Å². The van der Waals surface area contributed by atoms with Gasteiger partial charge in [0.25, 0.3) is 0 Å². The van der Waals surface area contributed by atoms with E-state index in [1.54, 1.807) is 0 Å². The Bertz CT molecular complexity index is 1060. The van der Waals surface area contributed by atoms with Gasteiger partial charge in [0, 0.05) is 0 Å². The predicted molar refractivity (Wildman–Crippen MR) is 115 cm³/mol. The second kappa shape index (κ2) is 7.33. The van der Waals surface area contributed by atoms with Gasteiger partial charge in [-0.25, -0.2) is 0 Å². The molecule has 26 heavy (non-hydrogen) atoms. The summed E-state index contributed by atoms with van der Waals surface area (Å²) >= 11 is 0. The van der Waals surface area contributed by atoms with Gasteiger partial charge in [0.15, 0.2) is 0 Å². The number of hydrogen-bond acceptors (Lipinski definition) is 0. The Labute approximate surface area is 156 Å². The molecule has 0 saturated heterocycles. The van der Waals surface area contributed by atoms with Crippen LogP contribution in [0.3, 0.4) is 0 Å². The van der Waals surface area contributed by atoms with Crippen molar-refractivity contribution in [3.8, 4) is 11.1 Å². The van der Waals surface area contributed by atoms with Crippen molar-refractivity contribution >= 4 is 21.5 Å². The molecule has 4 aromatic rings. The number of aryl methyl sites for hydroxylation is 2. The average Bonchev–Trinajstić information content (AvgIpc) is 2.70. The van der Waals surface area contributed by atoms with Gasteiger partial charge in [-0.2, -0.15) is 0 Å². The average molecular weight is 338 g/mol. The summed E-state index contributed by atoms with van der Waals surface area (Å²) in [5, 5.41) is 5.31. The Morgan fingerprint density at radius 3 is 1.62 bits per heavy atom. The summed E-state index contributed by atoms with van der Waals surface area (Å²) in [7, 11) is 0. The minimum atomic E-state index is 1.09. The Morgan fingerprint density at radius 2 is 1.04 bits per heavy atom. The highest BCUT2D eigenvalue weighted by Gasteiger charge is 2.03. The first-order valence-electron chi connectivity index (χ1n) is 9.82. The van der Waals surface area contributed by atoms with Gasteiger partial charge in [-0.3, -0.25) is 0 Å². The molecule has 0 bridgehead atoms. The topological polar surface area (TPSA) is 0 Å². The van der Waals surface area contributed by atoms with Crippen LogP contribution in [-0.4, -0.2) is 0 Å². The van der Waals surface area contributed by atoms with E-state index >= 15 is 0 Å². The number of fused-ring (bicyclic) bond motifs is 2. The quantitative estimate of drug-likeness (QED) is 0.352. The van der Waals surface area contributed by atoms with Crippen molar-refractivity contribution in [3.05, 3.63) is 83.9 Å². The summed E-state index contributed by atoms with van der Waals surface area (Å²) in [4.78, 5) is 0. The van der Waals surface area contributed by atoms with Gasteiger partial charge in [0.05, 0.1) is 0 Å². The molecule has 0 aliphatic carbocycles. The number of benzene rings is 4. The minimum Gasteiger partial charge on any atom is -0.0654 e. The molecule has 0 heteroatoms. The minimum absolute atomic E-state index is 1.09. The van der Waals surface area contributed by atoms with Gasteiger partial charge < -0.3 is 0 Å². The second-order valence-corrected chi connectivity index (χ2v) is 7.25. The van der Waals surface area contributed by atoms with Crippen LogP contribution in [0.2, 0.25) is 0 Å². The summed E-state index contributed by atoms with van der Waals surface area (Å²) in [6.07, 6.45) is 4.78. The van der Waals surface area contributed by atoms with E-state index in [1.165, 1.54) is 63.1 Å². The zero-order chi connectivity index (χ0) is 17.9. The SMILES string of the molecule is CCCCc1ccc2cc(-c3ccc4cc(CC)ccc4c3)ccc2c1. The van der Waals surface area contributed by atoms with Crippen LogP contribution in [0.25, 0.3) is 32.7 Å². The molecule has 0 aliphatic rings. The fraction of sp³-hybridized carbons (Fsp3) is 0.231. The predicted octanol–water partition coefficient (Wildman–Crippen LogP) is 7.57. The molecule has 0 unspecified atom stereocenters. The highest BCUT2D eigenvalue weighted by atomic mass is 14.1. The Hall–Kier alpha value is -2.60. The lowest BCUT2D eigenvalue weighted by atomic mass is 9.96. The van der Waals surface area contributed by atoms with E-state index < -0.39 is 0 Å². The fourth-order valence-electron chi connectivity index (χ4n) is 3.71. The number of rotatable bonds is 5. The van der Waals surface area contributed by atoms with Crippen LogP contribution in [0, 0.1) is 0 Å². The second-order valence-electron chi connectivity index (χ2n) is 7.25. The molecule has 0 amide bonds. The van der Waals surface area contributed by atoms with Crippen molar-refractivity contribution in [2.75, 3.05) is 0 Å². The molecule has 0 heterocycles. The van der Waals surface area contributed by atoms with Gasteiger partial charge >= 0.3 is 0 Å². The van der Waals surface area contributed by atoms with Crippen LogP contribution < -0.4 is 0 Å². The fourth-order valence-corrected chi connectivity index (χ4v) is 3.71. The van der Waals surface area contributed by atoms with Crippen molar-refractivity contribution in [3.63, 3.8) is 0 Å². The van der Waals surface area contributed by atoms with Crippen LogP contribution in [0.4, 0.5) is 0 Å². The number of unbranched alkanes of at least 4 members (excludes halogenated alkanes) is 1. The molecule has 4 rings (SSSR count). The van der Waals surface area contributed by atoms with Crippen molar-refractivity contribution < 1.29 is 0 Å². The molecule has 0 saturated carbocycles. The molecule has 0 aliphatic heterocycles. The molecule has 130 valence electrons. The molecule has 0 spiro atoms. The van der Waals surface area contributed by atoms with Crippen molar-refractivity contribution in [2.45, 2.75) is 39.5 Å². The van der Waals surface area contributed by atoms with Crippen LogP contribution in [0.15, 0.2) is 72.8 Å². The highest BCUT2D eigenvalue weighted by molar-refractivity contribution is 5.91. The molecular formula is C26H26. The summed E-state index contributed by atoms with van der Waals surface area (Å²) in [5.41, 5.74) is 5.43. The molecule has 0 nitrogen and oxygen atoms in total. The van der Waals surface area contributed by atoms with Gasteiger partial charge in [0.2, 0.25) is 0 Å². The van der Waals surface area contributed by atoms with E-state index in [-0.39, 0.29) is 0 Å². The summed E-state index contributed by atoms with van der Waals surface area (Å²) < 4.78 is 0. The standard InChI is InChI=1S/C26H26/c1-3-5-6-20-8-10-24-18-26(14-12-22(24)16-20)25-13-11-21-15-19(4-2)7-9-23(21)17-25/h7-18H,3-6H2,1-2H3. The Kier molecular flexibility index (Phi) is 4.75. The lowest BCUT2D eigenvalue weighted by molar-refractivity contribution is 0.796. The van der Waals surface area contributed by atoms with E-state index in [4.69, 9.17) is 0 Å². The van der Waals surface area contributed by atoms with E-state index in [2.05, 4.69) is 86.6 Å². The third kappa shape index (κ3) is 3.37. The molecule has 0 fully saturated rings. The molecule has 0 atom stereocenters. The first-order chi connectivity index (χ1) is 12.8. The van der Waals surface area contributed by atoms with Gasteiger partial charge in [0.1, 0.15) is 0 Å². The van der Waals surface area contributed by atoms with Crippen LogP contribution in [0.5, 0.6) is 0 Å². The van der Waals surface area contributed by atoms with Crippen LogP contribution in [0.1, 0.15) is 37.8 Å². The first-order valence-corrected chi connectivity index (χ1v) is 9.82. The molecule has 4 aromatic carbocycles. The monoisotopic (exact) mass is 338 g/mol. The highest BCUT2D eigenvalue weighted by Crippen LogP contribution is 2.28. The van der Waals surface area contributed by atoms with E-state index in [0.717, 1.165) is 6.42 Å². The first kappa shape index (κ1) is 16.8. The smallest absolute Gasteiger partial charge is 0.0177 e. The Morgan fingerprint density at radius 1 is 0.538 bits per heavy atom. The maximum absolute atomic E-state index is 2.35. The van der Waals surface area contributed by atoms with Crippen molar-refractivity contribution in [1.82, 2.24) is 0 Å². The molecule has 0 radical (unpaired) electrons. The normalized spacial score (nSPS) is 11.3. The summed E-state index contributed by atoms with van der Waals surface area (Å²) in [5.74, 6) is 0. The van der Waals surface area contributed by atoms with Gasteiger partial charge in [-0.1, -0.05) is 80.9 Å². The van der Waals surface area contributed by atoms with Gasteiger partial charge in [-0.05, 0) is 75.2 Å². The largest absolute Gasteiger partial charge is 0.0654 e. The van der Waals surface area contributed by atoms with Gasteiger partial charge in [-0.15, -0.1) is 0 Å². The third-order valence-corrected chi connectivity index (χ3v) is 5.37. The zero-order valence-corrected chi connectivity index (χ0v) is 15.8. The molecular weight excluding hydrogens is 312 g/mol. The van der Waals surface area contributed by atoms with Crippen molar-refractivity contribution in [1.29, 1.82) is 0 Å². The third-order valence-electron chi connectivity index (χ3n) is 5.37. The van der Waals surface area contributed by atoms with Crippen LogP contribution in [-0.2, 0) is 12.8 Å². The number of hydrogen-bond donors (Lipinski definition) is 0. The van der Waals surface area contributed by atoms with E-state index in [9.17, 15) is 0 Å². The lowest BCUT2D eigenvalue weighted by Gasteiger charge is -2.08. The molecule has 0 aromatic heterocycles. The molecule has 0 N–H and O–H groups in total. The Balaban J connectivity index is 1.70. The lowest BCUT2D eigenvalue weighted by Crippen LogP contribution is -1.86. The maximum Gasteiger partial charge on any atom is -0.0177 e. The van der Waals surface area contributed by atoms with E-state index in [1.807, 2.05) is 0 Å². The zero-order valence-electron chi connectivity index (χ0n) is 15.8. The summed E-state index contributed by atoms with van der Waals surface area (Å²) in [6, 6.07) is 27.4. The van der Waals surface area contributed by atoms with Crippen LogP contribution >= 0.6 is 0 Å². The summed E-state index contributed by atoms with van der Waals surface area (Å²) in [6.45, 7) is 4.46. The van der Waals surface area contributed by atoms with E-state index in [0.29, 0.717) is 0 Å². The maximum atomic E-state index is 2.35.